The van der Waals surface area contributed by atoms with Gasteiger partial charge in [-0.15, -0.1) is 0 Å². The van der Waals surface area contributed by atoms with Crippen molar-refractivity contribution < 1.29 is 19.0 Å². The van der Waals surface area contributed by atoms with E-state index in [0.29, 0.717) is 25.4 Å². The number of ether oxygens (including phenoxy) is 3. The first-order chi connectivity index (χ1) is 10.0. The second-order valence-electron chi connectivity index (χ2n) is 5.21. The standard InChI is InChI=1S/C16H32O4Si/c1-6-16(19-7-2,20-8-3)21-13-11-9-10-12-18-15(17)14(4)5/h4,6-13,21H2,1-3,5H3. The van der Waals surface area contributed by atoms with Crippen LogP contribution < -0.4 is 0 Å². The highest BCUT2D eigenvalue weighted by Crippen LogP contribution is 2.19. The summed E-state index contributed by atoms with van der Waals surface area (Å²) in [6.07, 6.45) is 4.07. The molecule has 0 amide bonds. The molecule has 0 fully saturated rings. The van der Waals surface area contributed by atoms with Crippen molar-refractivity contribution in [1.29, 1.82) is 0 Å². The zero-order valence-corrected chi connectivity index (χ0v) is 15.6. The minimum absolute atomic E-state index is 0.282. The molecule has 0 aliphatic rings. The quantitative estimate of drug-likeness (QED) is 0.172. The Hall–Kier alpha value is -0.653. The molecule has 0 saturated carbocycles. The van der Waals surface area contributed by atoms with Gasteiger partial charge in [0, 0.05) is 18.8 Å². The van der Waals surface area contributed by atoms with E-state index >= 15 is 0 Å². The Kier molecular flexibility index (Phi) is 11.6. The molecular formula is C16H32O4Si. The molecular weight excluding hydrogens is 284 g/mol. The Balaban J connectivity index is 3.80. The van der Waals surface area contributed by atoms with Gasteiger partial charge < -0.3 is 14.2 Å². The van der Waals surface area contributed by atoms with Crippen LogP contribution in [0.1, 0.15) is 53.4 Å². The number of carbonyl (C=O) groups excluding carboxylic acids is 1. The predicted octanol–water partition coefficient (Wildman–Crippen LogP) is 3.00. The van der Waals surface area contributed by atoms with E-state index < -0.39 is 9.52 Å². The van der Waals surface area contributed by atoms with Gasteiger partial charge in [-0.1, -0.05) is 32.4 Å². The lowest BCUT2D eigenvalue weighted by molar-refractivity contribution is -0.177. The first kappa shape index (κ1) is 20.3. The number of hydrogen-bond donors (Lipinski definition) is 0. The molecule has 21 heavy (non-hydrogen) atoms. The maximum Gasteiger partial charge on any atom is 0.333 e. The van der Waals surface area contributed by atoms with Crippen LogP contribution in [-0.4, -0.2) is 40.7 Å². The first-order valence-electron chi connectivity index (χ1n) is 8.11. The van der Waals surface area contributed by atoms with Crippen molar-refractivity contribution in [3.8, 4) is 0 Å². The van der Waals surface area contributed by atoms with Gasteiger partial charge in [0.15, 0.2) is 0 Å². The van der Waals surface area contributed by atoms with Crippen LogP contribution in [0, 0.1) is 0 Å². The predicted molar refractivity (Wildman–Crippen MR) is 89.2 cm³/mol. The van der Waals surface area contributed by atoms with Crippen molar-refractivity contribution in [2.24, 2.45) is 0 Å². The van der Waals surface area contributed by atoms with Crippen molar-refractivity contribution in [2.75, 3.05) is 19.8 Å². The molecule has 0 aliphatic heterocycles. The SMILES string of the molecule is C=C(C)C(=O)OCCCCC[SiH2]C(CC)(OCC)OCC. The third-order valence-electron chi connectivity index (χ3n) is 3.39. The summed E-state index contributed by atoms with van der Waals surface area (Å²) in [5.74, 6) is -0.290. The fourth-order valence-corrected chi connectivity index (χ4v) is 4.42. The topological polar surface area (TPSA) is 44.8 Å². The number of carbonyl (C=O) groups is 1. The summed E-state index contributed by atoms with van der Waals surface area (Å²) in [4.78, 5) is 11.2. The van der Waals surface area contributed by atoms with E-state index in [1.165, 1.54) is 6.04 Å². The van der Waals surface area contributed by atoms with Crippen molar-refractivity contribution in [2.45, 2.75) is 64.8 Å². The second-order valence-corrected chi connectivity index (χ2v) is 7.50. The summed E-state index contributed by atoms with van der Waals surface area (Å²) >= 11 is 0. The zero-order valence-electron chi connectivity index (χ0n) is 14.2. The lowest BCUT2D eigenvalue weighted by Gasteiger charge is -2.32. The summed E-state index contributed by atoms with van der Waals surface area (Å²) in [7, 11) is -0.433. The monoisotopic (exact) mass is 316 g/mol. The summed E-state index contributed by atoms with van der Waals surface area (Å²) < 4.78 is 16.8. The summed E-state index contributed by atoms with van der Waals surface area (Å²) in [5, 5.41) is 0. The molecule has 0 spiro atoms. The van der Waals surface area contributed by atoms with Crippen LogP contribution in [0.4, 0.5) is 0 Å². The van der Waals surface area contributed by atoms with Gasteiger partial charge in [0.2, 0.25) is 0 Å². The lowest BCUT2D eigenvalue weighted by atomic mass is 10.3. The molecule has 0 aromatic heterocycles. The maximum absolute atomic E-state index is 11.2. The van der Waals surface area contributed by atoms with Crippen molar-refractivity contribution in [3.05, 3.63) is 12.2 Å². The zero-order chi connectivity index (χ0) is 16.1. The molecule has 0 aromatic rings. The normalized spacial score (nSPS) is 12.0. The fraction of sp³-hybridized carbons (Fsp3) is 0.812. The van der Waals surface area contributed by atoms with Crippen LogP contribution in [-0.2, 0) is 19.0 Å². The smallest absolute Gasteiger partial charge is 0.333 e. The van der Waals surface area contributed by atoms with E-state index in [9.17, 15) is 4.79 Å². The molecule has 0 saturated heterocycles. The molecule has 0 aromatic carbocycles. The van der Waals surface area contributed by atoms with Crippen LogP contribution in [0.25, 0.3) is 0 Å². The Bertz CT molecular complexity index is 299. The van der Waals surface area contributed by atoms with Gasteiger partial charge in [0.1, 0.15) is 5.41 Å². The average Bonchev–Trinajstić information content (AvgIpc) is 2.46. The highest BCUT2D eigenvalue weighted by molar-refractivity contribution is 6.38. The van der Waals surface area contributed by atoms with Gasteiger partial charge in [-0.25, -0.2) is 4.79 Å². The number of esters is 1. The molecule has 0 unspecified atom stereocenters. The van der Waals surface area contributed by atoms with Crippen LogP contribution in [0.2, 0.25) is 6.04 Å². The molecule has 4 nitrogen and oxygen atoms in total. The third kappa shape index (κ3) is 9.06. The Morgan fingerprint density at radius 2 is 1.71 bits per heavy atom. The van der Waals surface area contributed by atoms with Crippen LogP contribution >= 0.6 is 0 Å². The van der Waals surface area contributed by atoms with Gasteiger partial charge >= 0.3 is 5.97 Å². The summed E-state index contributed by atoms with van der Waals surface area (Å²) in [6, 6.07) is 1.20. The first-order valence-corrected chi connectivity index (χ1v) is 9.82. The average molecular weight is 317 g/mol. The number of unbranched alkanes of at least 4 members (excludes halogenated alkanes) is 2. The van der Waals surface area contributed by atoms with Gasteiger partial charge in [0.25, 0.3) is 0 Å². The summed E-state index contributed by atoms with van der Waals surface area (Å²) in [6.45, 7) is 13.3. The van der Waals surface area contributed by atoms with E-state index in [1.54, 1.807) is 6.92 Å². The van der Waals surface area contributed by atoms with Crippen LogP contribution in [0.15, 0.2) is 12.2 Å². The maximum atomic E-state index is 11.2. The van der Waals surface area contributed by atoms with Crippen molar-refractivity contribution in [3.63, 3.8) is 0 Å². The molecule has 0 radical (unpaired) electrons. The lowest BCUT2D eigenvalue weighted by Crippen LogP contribution is -2.41. The number of rotatable bonds is 13. The minimum atomic E-state index is -0.433. The highest BCUT2D eigenvalue weighted by atomic mass is 28.2. The molecule has 0 heterocycles. The van der Waals surface area contributed by atoms with E-state index in [2.05, 4.69) is 13.5 Å². The van der Waals surface area contributed by atoms with E-state index in [4.69, 9.17) is 14.2 Å². The second kappa shape index (κ2) is 11.9. The van der Waals surface area contributed by atoms with Gasteiger partial charge in [-0.2, -0.15) is 0 Å². The minimum Gasteiger partial charge on any atom is -0.462 e. The Morgan fingerprint density at radius 1 is 1.10 bits per heavy atom. The van der Waals surface area contributed by atoms with Gasteiger partial charge in [0.05, 0.1) is 16.1 Å². The third-order valence-corrected chi connectivity index (χ3v) is 5.91. The van der Waals surface area contributed by atoms with Gasteiger partial charge in [-0.05, 0) is 33.6 Å². The van der Waals surface area contributed by atoms with Crippen molar-refractivity contribution in [1.82, 2.24) is 0 Å². The van der Waals surface area contributed by atoms with E-state index in [-0.39, 0.29) is 11.4 Å². The molecule has 5 heteroatoms. The largest absolute Gasteiger partial charge is 0.462 e. The van der Waals surface area contributed by atoms with E-state index in [0.717, 1.165) is 25.7 Å². The van der Waals surface area contributed by atoms with Gasteiger partial charge in [-0.3, -0.25) is 0 Å². The van der Waals surface area contributed by atoms with Crippen molar-refractivity contribution >= 4 is 15.5 Å². The molecule has 0 rings (SSSR count). The fourth-order valence-electron chi connectivity index (χ4n) is 2.23. The van der Waals surface area contributed by atoms with E-state index in [1.807, 2.05) is 13.8 Å². The Labute approximate surface area is 132 Å². The number of hydrogen-bond acceptors (Lipinski definition) is 4. The highest BCUT2D eigenvalue weighted by Gasteiger charge is 2.28. The summed E-state index contributed by atoms with van der Waals surface area (Å²) in [5.41, 5.74) is 0.180. The van der Waals surface area contributed by atoms with Crippen LogP contribution in [0.5, 0.6) is 0 Å². The molecule has 0 bridgehead atoms. The molecule has 0 aliphatic carbocycles. The molecule has 0 atom stereocenters. The molecule has 124 valence electrons. The Morgan fingerprint density at radius 3 is 2.19 bits per heavy atom. The molecule has 0 N–H and O–H groups in total. The van der Waals surface area contributed by atoms with Crippen LogP contribution in [0.3, 0.4) is 0 Å².